The lowest BCUT2D eigenvalue weighted by Crippen LogP contribution is -2.43. The highest BCUT2D eigenvalue weighted by Crippen LogP contribution is 2.17. The molecule has 0 spiro atoms. The molecule has 0 aromatic carbocycles. The third-order valence-electron chi connectivity index (χ3n) is 3.32. The van der Waals surface area contributed by atoms with E-state index in [1.807, 2.05) is 0 Å². The number of hydrogen-bond acceptors (Lipinski definition) is 4. The second kappa shape index (κ2) is 6.93. The molecule has 5 nitrogen and oxygen atoms in total. The van der Waals surface area contributed by atoms with E-state index in [9.17, 15) is 4.79 Å². The van der Waals surface area contributed by atoms with E-state index < -0.39 is 0 Å². The fraction of sp³-hybridized carbons (Fsp3) is 0.917. The SMILES string of the molecule is O=C(CNC1CCCC1)NCC1COCCO1. The van der Waals surface area contributed by atoms with E-state index in [4.69, 9.17) is 9.47 Å². The summed E-state index contributed by atoms with van der Waals surface area (Å²) in [6.07, 6.45) is 4.98. The first-order chi connectivity index (χ1) is 8.34. The standard InChI is InChI=1S/C12H22N2O3/c15-12(8-13-10-3-1-2-4-10)14-7-11-9-16-5-6-17-11/h10-11,13H,1-9H2,(H,14,15). The summed E-state index contributed by atoms with van der Waals surface area (Å²) < 4.78 is 10.7. The quantitative estimate of drug-likeness (QED) is 0.715. The largest absolute Gasteiger partial charge is 0.376 e. The van der Waals surface area contributed by atoms with Crippen molar-refractivity contribution in [2.75, 3.05) is 32.9 Å². The highest BCUT2D eigenvalue weighted by molar-refractivity contribution is 5.78. The molecule has 1 unspecified atom stereocenters. The summed E-state index contributed by atoms with van der Waals surface area (Å²) in [6, 6.07) is 0.537. The Hall–Kier alpha value is -0.650. The van der Waals surface area contributed by atoms with E-state index >= 15 is 0 Å². The third-order valence-corrected chi connectivity index (χ3v) is 3.32. The van der Waals surface area contributed by atoms with Crippen molar-refractivity contribution >= 4 is 5.91 Å². The normalized spacial score (nSPS) is 26.0. The van der Waals surface area contributed by atoms with E-state index in [2.05, 4.69) is 10.6 Å². The first-order valence-electron chi connectivity index (χ1n) is 6.54. The molecular weight excluding hydrogens is 220 g/mol. The van der Waals surface area contributed by atoms with Crippen LogP contribution in [0.5, 0.6) is 0 Å². The molecule has 2 fully saturated rings. The monoisotopic (exact) mass is 242 g/mol. The van der Waals surface area contributed by atoms with E-state index in [0.717, 1.165) is 0 Å². The Morgan fingerprint density at radius 3 is 2.76 bits per heavy atom. The smallest absolute Gasteiger partial charge is 0.234 e. The van der Waals surface area contributed by atoms with Gasteiger partial charge in [0.1, 0.15) is 0 Å². The van der Waals surface area contributed by atoms with Gasteiger partial charge in [0.05, 0.1) is 32.5 Å². The lowest BCUT2D eigenvalue weighted by Gasteiger charge is -2.23. The van der Waals surface area contributed by atoms with Crippen molar-refractivity contribution in [1.82, 2.24) is 10.6 Å². The van der Waals surface area contributed by atoms with Crippen LogP contribution in [0, 0.1) is 0 Å². The highest BCUT2D eigenvalue weighted by atomic mass is 16.6. The van der Waals surface area contributed by atoms with Gasteiger partial charge < -0.3 is 20.1 Å². The van der Waals surface area contributed by atoms with Crippen LogP contribution in [0.1, 0.15) is 25.7 Å². The first kappa shape index (κ1) is 12.8. The number of rotatable bonds is 5. The van der Waals surface area contributed by atoms with Gasteiger partial charge in [-0.3, -0.25) is 4.79 Å². The number of carbonyl (C=O) groups excluding carboxylic acids is 1. The average molecular weight is 242 g/mol. The number of ether oxygens (including phenoxy) is 2. The zero-order valence-corrected chi connectivity index (χ0v) is 10.2. The molecule has 1 atom stereocenters. The van der Waals surface area contributed by atoms with Crippen molar-refractivity contribution < 1.29 is 14.3 Å². The van der Waals surface area contributed by atoms with Gasteiger partial charge in [0.2, 0.25) is 5.91 Å². The molecule has 5 heteroatoms. The third kappa shape index (κ3) is 4.61. The van der Waals surface area contributed by atoms with Crippen molar-refractivity contribution in [3.8, 4) is 0 Å². The summed E-state index contributed by atoms with van der Waals surface area (Å²) >= 11 is 0. The molecule has 1 saturated heterocycles. The molecule has 2 N–H and O–H groups in total. The van der Waals surface area contributed by atoms with Gasteiger partial charge >= 0.3 is 0 Å². The van der Waals surface area contributed by atoms with Gasteiger partial charge in [-0.1, -0.05) is 12.8 Å². The Morgan fingerprint density at radius 2 is 2.06 bits per heavy atom. The zero-order chi connectivity index (χ0) is 11.9. The van der Waals surface area contributed by atoms with Crippen molar-refractivity contribution in [2.45, 2.75) is 37.8 Å². The van der Waals surface area contributed by atoms with Gasteiger partial charge in [-0.05, 0) is 12.8 Å². The lowest BCUT2D eigenvalue weighted by molar-refractivity contribution is -0.123. The number of amides is 1. The molecule has 2 aliphatic rings. The van der Waals surface area contributed by atoms with Crippen LogP contribution < -0.4 is 10.6 Å². The number of nitrogens with one attached hydrogen (secondary N) is 2. The minimum absolute atomic E-state index is 0.0131. The van der Waals surface area contributed by atoms with Crippen LogP contribution in [0.2, 0.25) is 0 Å². The fourth-order valence-corrected chi connectivity index (χ4v) is 2.31. The Labute approximate surface area is 102 Å². The maximum atomic E-state index is 11.6. The molecule has 2 rings (SSSR count). The van der Waals surface area contributed by atoms with Crippen LogP contribution in [-0.4, -0.2) is 51.0 Å². The molecule has 1 saturated carbocycles. The topological polar surface area (TPSA) is 59.6 Å². The molecule has 1 aliphatic carbocycles. The second-order valence-corrected chi connectivity index (χ2v) is 4.73. The Kier molecular flexibility index (Phi) is 5.22. The van der Waals surface area contributed by atoms with Gasteiger partial charge in [-0.2, -0.15) is 0 Å². The Bertz CT molecular complexity index is 236. The highest BCUT2D eigenvalue weighted by Gasteiger charge is 2.17. The molecule has 0 aromatic heterocycles. The molecular formula is C12H22N2O3. The minimum atomic E-state index is 0.0131. The Morgan fingerprint density at radius 1 is 1.24 bits per heavy atom. The predicted molar refractivity (Wildman–Crippen MR) is 63.8 cm³/mol. The zero-order valence-electron chi connectivity index (χ0n) is 10.2. The molecule has 98 valence electrons. The van der Waals surface area contributed by atoms with Crippen LogP contribution in [0.3, 0.4) is 0 Å². The Balaban J connectivity index is 1.53. The van der Waals surface area contributed by atoms with E-state index in [1.54, 1.807) is 0 Å². The van der Waals surface area contributed by atoms with Crippen molar-refractivity contribution in [2.24, 2.45) is 0 Å². The maximum absolute atomic E-state index is 11.6. The van der Waals surface area contributed by atoms with E-state index in [-0.39, 0.29) is 12.0 Å². The number of hydrogen-bond donors (Lipinski definition) is 2. The van der Waals surface area contributed by atoms with Gasteiger partial charge in [-0.25, -0.2) is 0 Å². The van der Waals surface area contributed by atoms with Crippen LogP contribution in [0.15, 0.2) is 0 Å². The minimum Gasteiger partial charge on any atom is -0.376 e. The molecule has 0 radical (unpaired) electrons. The van der Waals surface area contributed by atoms with Crippen molar-refractivity contribution in [3.05, 3.63) is 0 Å². The summed E-state index contributed by atoms with van der Waals surface area (Å²) in [6.45, 7) is 2.83. The van der Waals surface area contributed by atoms with E-state index in [1.165, 1.54) is 25.7 Å². The van der Waals surface area contributed by atoms with Gasteiger partial charge in [0, 0.05) is 12.6 Å². The van der Waals surface area contributed by atoms with Gasteiger partial charge in [0.25, 0.3) is 0 Å². The molecule has 17 heavy (non-hydrogen) atoms. The van der Waals surface area contributed by atoms with Crippen molar-refractivity contribution in [3.63, 3.8) is 0 Å². The summed E-state index contributed by atoms with van der Waals surface area (Å²) in [5.41, 5.74) is 0. The summed E-state index contributed by atoms with van der Waals surface area (Å²) in [4.78, 5) is 11.6. The molecule has 0 aromatic rings. The fourth-order valence-electron chi connectivity index (χ4n) is 2.31. The van der Waals surface area contributed by atoms with Crippen molar-refractivity contribution in [1.29, 1.82) is 0 Å². The second-order valence-electron chi connectivity index (χ2n) is 4.73. The molecule has 1 aliphatic heterocycles. The lowest BCUT2D eigenvalue weighted by atomic mass is 10.2. The van der Waals surface area contributed by atoms with Crippen LogP contribution in [-0.2, 0) is 14.3 Å². The first-order valence-corrected chi connectivity index (χ1v) is 6.54. The van der Waals surface area contributed by atoms with Crippen LogP contribution in [0.4, 0.5) is 0 Å². The van der Waals surface area contributed by atoms with E-state index in [0.29, 0.717) is 39.0 Å². The molecule has 0 bridgehead atoms. The van der Waals surface area contributed by atoms with Crippen LogP contribution >= 0.6 is 0 Å². The maximum Gasteiger partial charge on any atom is 0.234 e. The predicted octanol–water partition coefficient (Wildman–Crippen LogP) is 0.0502. The van der Waals surface area contributed by atoms with Crippen LogP contribution in [0.25, 0.3) is 0 Å². The summed E-state index contributed by atoms with van der Waals surface area (Å²) in [5, 5.41) is 6.15. The number of carbonyl (C=O) groups is 1. The molecule has 1 amide bonds. The summed E-state index contributed by atoms with van der Waals surface area (Å²) in [5.74, 6) is 0.0473. The van der Waals surface area contributed by atoms with Gasteiger partial charge in [0.15, 0.2) is 0 Å². The van der Waals surface area contributed by atoms with Gasteiger partial charge in [-0.15, -0.1) is 0 Å². The summed E-state index contributed by atoms with van der Waals surface area (Å²) in [7, 11) is 0. The molecule has 1 heterocycles. The average Bonchev–Trinajstić information content (AvgIpc) is 2.88.